The van der Waals surface area contributed by atoms with E-state index in [9.17, 15) is 9.59 Å². The Labute approximate surface area is 168 Å². The summed E-state index contributed by atoms with van der Waals surface area (Å²) in [7, 11) is 1.54. The minimum Gasteiger partial charge on any atom is -0.496 e. The van der Waals surface area contributed by atoms with E-state index in [0.717, 1.165) is 25.7 Å². The van der Waals surface area contributed by atoms with Crippen LogP contribution in [0.15, 0.2) is 42.7 Å². The quantitative estimate of drug-likeness (QED) is 0.856. The largest absolute Gasteiger partial charge is 0.496 e. The number of benzene rings is 1. The Morgan fingerprint density at radius 2 is 1.82 bits per heavy atom. The van der Waals surface area contributed by atoms with E-state index in [0.29, 0.717) is 21.9 Å². The van der Waals surface area contributed by atoms with Gasteiger partial charge in [0, 0.05) is 41.1 Å². The summed E-state index contributed by atoms with van der Waals surface area (Å²) in [4.78, 5) is 31.6. The lowest BCUT2D eigenvalue weighted by Gasteiger charge is -2.39. The molecule has 2 fully saturated rings. The number of pyridine rings is 1. The van der Waals surface area contributed by atoms with Crippen molar-refractivity contribution in [3.63, 3.8) is 0 Å². The number of hydrogen-bond donors (Lipinski definition) is 1. The van der Waals surface area contributed by atoms with Crippen LogP contribution in [0.2, 0.25) is 5.02 Å². The molecule has 2 aliphatic heterocycles. The zero-order valence-electron chi connectivity index (χ0n) is 15.6. The molecular formula is C21H22ClN3O3. The normalized spacial score (nSPS) is 23.4. The topological polar surface area (TPSA) is 71.5 Å². The fourth-order valence-electron chi connectivity index (χ4n) is 4.38. The van der Waals surface area contributed by atoms with Gasteiger partial charge in [-0.3, -0.25) is 14.6 Å². The number of rotatable bonds is 4. The summed E-state index contributed by atoms with van der Waals surface area (Å²) in [6.45, 7) is 0. The van der Waals surface area contributed by atoms with Crippen molar-refractivity contribution in [3.8, 4) is 5.75 Å². The van der Waals surface area contributed by atoms with Crippen LogP contribution in [0.4, 0.5) is 0 Å². The van der Waals surface area contributed by atoms with Gasteiger partial charge in [-0.25, -0.2) is 0 Å². The number of nitrogens with zero attached hydrogens (tertiary/aromatic N) is 2. The van der Waals surface area contributed by atoms with Gasteiger partial charge in [-0.2, -0.15) is 0 Å². The van der Waals surface area contributed by atoms with Crippen LogP contribution in [0.1, 0.15) is 46.4 Å². The first-order chi connectivity index (χ1) is 13.6. The van der Waals surface area contributed by atoms with E-state index in [1.165, 1.54) is 7.11 Å². The number of hydrogen-bond acceptors (Lipinski definition) is 4. The number of nitrogens with one attached hydrogen (secondary N) is 1. The van der Waals surface area contributed by atoms with E-state index in [2.05, 4.69) is 10.3 Å². The zero-order chi connectivity index (χ0) is 19.7. The third-order valence-electron chi connectivity index (χ3n) is 5.64. The number of amides is 2. The number of aromatic nitrogens is 1. The molecule has 3 heterocycles. The summed E-state index contributed by atoms with van der Waals surface area (Å²) in [5, 5.41) is 3.65. The molecule has 2 saturated heterocycles. The molecule has 0 saturated carbocycles. The highest BCUT2D eigenvalue weighted by atomic mass is 35.5. The maximum Gasteiger partial charge on any atom is 0.258 e. The molecule has 2 aliphatic rings. The van der Waals surface area contributed by atoms with Crippen LogP contribution < -0.4 is 10.1 Å². The maximum atomic E-state index is 13.2. The number of carbonyl (C=O) groups is 2. The van der Waals surface area contributed by atoms with Crippen LogP contribution in [0.3, 0.4) is 0 Å². The van der Waals surface area contributed by atoms with Gasteiger partial charge in [0.1, 0.15) is 5.75 Å². The smallest absolute Gasteiger partial charge is 0.258 e. The molecule has 146 valence electrons. The Balaban J connectivity index is 1.47. The molecule has 2 bridgehead atoms. The molecule has 1 N–H and O–H groups in total. The lowest BCUT2D eigenvalue weighted by Crippen LogP contribution is -2.52. The van der Waals surface area contributed by atoms with Crippen molar-refractivity contribution in [3.05, 3.63) is 58.9 Å². The van der Waals surface area contributed by atoms with Crippen molar-refractivity contribution in [2.45, 2.75) is 43.8 Å². The van der Waals surface area contributed by atoms with Crippen LogP contribution in [0, 0.1) is 0 Å². The summed E-state index contributed by atoms with van der Waals surface area (Å²) in [5.74, 6) is 0.371. The molecule has 1 aromatic heterocycles. The zero-order valence-corrected chi connectivity index (χ0v) is 16.4. The number of ether oxygens (including phenoxy) is 1. The van der Waals surface area contributed by atoms with Gasteiger partial charge in [0.05, 0.1) is 12.7 Å². The van der Waals surface area contributed by atoms with Crippen LogP contribution in [-0.4, -0.2) is 46.9 Å². The third-order valence-corrected chi connectivity index (χ3v) is 5.87. The molecule has 2 amide bonds. The molecular weight excluding hydrogens is 378 g/mol. The second-order valence-electron chi connectivity index (χ2n) is 7.32. The van der Waals surface area contributed by atoms with Gasteiger partial charge in [0.25, 0.3) is 11.8 Å². The van der Waals surface area contributed by atoms with Gasteiger partial charge >= 0.3 is 0 Å². The predicted molar refractivity (Wildman–Crippen MR) is 106 cm³/mol. The third kappa shape index (κ3) is 3.56. The summed E-state index contributed by atoms with van der Waals surface area (Å²) in [6.07, 6.45) is 6.64. The minimum absolute atomic E-state index is 0.0278. The molecule has 28 heavy (non-hydrogen) atoms. The van der Waals surface area contributed by atoms with Crippen LogP contribution in [-0.2, 0) is 0 Å². The molecule has 1 aromatic carbocycles. The Morgan fingerprint density at radius 3 is 2.46 bits per heavy atom. The Morgan fingerprint density at radius 1 is 1.14 bits per heavy atom. The Kier molecular flexibility index (Phi) is 5.22. The number of carbonyl (C=O) groups excluding carboxylic acids is 2. The van der Waals surface area contributed by atoms with Crippen molar-refractivity contribution < 1.29 is 14.3 Å². The molecule has 2 atom stereocenters. The molecule has 7 heteroatoms. The molecule has 0 radical (unpaired) electrons. The summed E-state index contributed by atoms with van der Waals surface area (Å²) >= 11 is 6.02. The highest BCUT2D eigenvalue weighted by molar-refractivity contribution is 6.30. The minimum atomic E-state index is -0.0917. The monoisotopic (exact) mass is 399 g/mol. The first kappa shape index (κ1) is 18.7. The van der Waals surface area contributed by atoms with Crippen molar-refractivity contribution in [1.82, 2.24) is 15.2 Å². The average molecular weight is 400 g/mol. The second kappa shape index (κ2) is 7.80. The Hall–Kier alpha value is -2.60. The number of halogens is 1. The highest BCUT2D eigenvalue weighted by Crippen LogP contribution is 2.38. The molecule has 6 nitrogen and oxygen atoms in total. The van der Waals surface area contributed by atoms with E-state index in [1.807, 2.05) is 4.90 Å². The van der Waals surface area contributed by atoms with Crippen LogP contribution >= 0.6 is 11.6 Å². The van der Waals surface area contributed by atoms with Gasteiger partial charge in [-0.05, 0) is 56.0 Å². The maximum absolute atomic E-state index is 13.2. The van der Waals surface area contributed by atoms with Gasteiger partial charge in [-0.15, -0.1) is 0 Å². The number of fused-ring (bicyclic) bond motifs is 2. The van der Waals surface area contributed by atoms with Crippen molar-refractivity contribution in [2.24, 2.45) is 0 Å². The summed E-state index contributed by atoms with van der Waals surface area (Å²) < 4.78 is 5.36. The van der Waals surface area contributed by atoms with E-state index < -0.39 is 0 Å². The van der Waals surface area contributed by atoms with Crippen LogP contribution in [0.5, 0.6) is 5.75 Å². The van der Waals surface area contributed by atoms with Crippen molar-refractivity contribution >= 4 is 23.4 Å². The summed E-state index contributed by atoms with van der Waals surface area (Å²) in [6, 6.07) is 8.81. The number of piperidine rings is 1. The van der Waals surface area contributed by atoms with E-state index in [4.69, 9.17) is 16.3 Å². The number of methoxy groups -OCH3 is 1. The van der Waals surface area contributed by atoms with Gasteiger partial charge in [0.2, 0.25) is 0 Å². The van der Waals surface area contributed by atoms with Crippen molar-refractivity contribution in [2.75, 3.05) is 7.11 Å². The predicted octanol–water partition coefficient (Wildman–Crippen LogP) is 3.31. The first-order valence-electron chi connectivity index (χ1n) is 9.44. The Bertz CT molecular complexity index is 876. The summed E-state index contributed by atoms with van der Waals surface area (Å²) in [5.41, 5.74) is 1.13. The molecule has 4 rings (SSSR count). The van der Waals surface area contributed by atoms with E-state index >= 15 is 0 Å². The van der Waals surface area contributed by atoms with Crippen molar-refractivity contribution in [1.29, 1.82) is 0 Å². The highest BCUT2D eigenvalue weighted by Gasteiger charge is 2.44. The molecule has 0 aliphatic carbocycles. The van der Waals surface area contributed by atoms with E-state index in [1.54, 1.807) is 42.7 Å². The first-order valence-corrected chi connectivity index (χ1v) is 9.81. The second-order valence-corrected chi connectivity index (χ2v) is 7.76. The fourth-order valence-corrected chi connectivity index (χ4v) is 4.54. The van der Waals surface area contributed by atoms with Crippen LogP contribution in [0.25, 0.3) is 0 Å². The van der Waals surface area contributed by atoms with E-state index in [-0.39, 0.29) is 29.9 Å². The SMILES string of the molecule is COc1cc(Cl)ccc1C(=O)N1C2CCC1CC(NC(=O)c1ccncc1)C2. The van der Waals surface area contributed by atoms with Gasteiger partial charge < -0.3 is 15.0 Å². The standard InChI is InChI=1S/C21H22ClN3O3/c1-28-19-10-14(22)2-5-18(19)21(27)25-16-3-4-17(25)12-15(11-16)24-20(26)13-6-8-23-9-7-13/h2,5-10,15-17H,3-4,11-12H2,1H3,(H,24,26). The molecule has 0 spiro atoms. The lowest BCUT2D eigenvalue weighted by molar-refractivity contribution is 0.0546. The fraction of sp³-hybridized carbons (Fsp3) is 0.381. The molecule has 2 unspecified atom stereocenters. The molecule has 2 aromatic rings. The average Bonchev–Trinajstić information content (AvgIpc) is 2.98. The van der Waals surface area contributed by atoms with Gasteiger partial charge in [0.15, 0.2) is 0 Å². The van der Waals surface area contributed by atoms with Gasteiger partial charge in [-0.1, -0.05) is 11.6 Å². The lowest BCUT2D eigenvalue weighted by atomic mass is 9.95.